The lowest BCUT2D eigenvalue weighted by molar-refractivity contribution is 0.582. The SMILES string of the molecule is c1ccc(C2=N[C@@H](c3cccs3)N[C@H]2c2ccccc2)cc1. The van der Waals surface area contributed by atoms with Crippen LogP contribution >= 0.6 is 11.3 Å². The molecule has 2 nitrogen and oxygen atoms in total. The molecule has 0 bridgehead atoms. The van der Waals surface area contributed by atoms with E-state index < -0.39 is 0 Å². The maximum Gasteiger partial charge on any atom is 0.135 e. The second kappa shape index (κ2) is 5.87. The minimum absolute atomic E-state index is 0.0420. The Morgan fingerprint density at radius 2 is 1.55 bits per heavy atom. The fourth-order valence-corrected chi connectivity index (χ4v) is 3.55. The number of rotatable bonds is 3. The Morgan fingerprint density at radius 1 is 0.818 bits per heavy atom. The van der Waals surface area contributed by atoms with Gasteiger partial charge in [0.25, 0.3) is 0 Å². The number of nitrogens with zero attached hydrogens (tertiary/aromatic N) is 1. The molecule has 1 aliphatic rings. The minimum atomic E-state index is 0.0420. The molecule has 0 saturated heterocycles. The van der Waals surface area contributed by atoms with E-state index in [2.05, 4.69) is 77.4 Å². The molecule has 0 radical (unpaired) electrons. The Morgan fingerprint density at radius 3 is 2.23 bits per heavy atom. The fraction of sp³-hybridized carbons (Fsp3) is 0.105. The van der Waals surface area contributed by atoms with E-state index in [1.807, 2.05) is 6.07 Å². The van der Waals surface area contributed by atoms with Crippen LogP contribution in [0.25, 0.3) is 0 Å². The number of benzene rings is 2. The summed E-state index contributed by atoms with van der Waals surface area (Å²) in [6.07, 6.45) is 0.0420. The van der Waals surface area contributed by atoms with E-state index in [0.29, 0.717) is 0 Å². The van der Waals surface area contributed by atoms with Crippen LogP contribution in [0.3, 0.4) is 0 Å². The van der Waals surface area contributed by atoms with Gasteiger partial charge in [-0.3, -0.25) is 10.3 Å². The smallest absolute Gasteiger partial charge is 0.135 e. The number of nitrogens with one attached hydrogen (secondary N) is 1. The molecule has 3 aromatic rings. The third-order valence-electron chi connectivity index (χ3n) is 3.88. The van der Waals surface area contributed by atoms with Gasteiger partial charge < -0.3 is 0 Å². The predicted octanol–water partition coefficient (Wildman–Crippen LogP) is 4.58. The summed E-state index contributed by atoms with van der Waals surface area (Å²) in [5.74, 6) is 0. The third-order valence-corrected chi connectivity index (χ3v) is 4.81. The van der Waals surface area contributed by atoms with Crippen molar-refractivity contribution in [1.29, 1.82) is 0 Å². The maximum absolute atomic E-state index is 4.97. The zero-order valence-corrected chi connectivity index (χ0v) is 12.8. The van der Waals surface area contributed by atoms with Gasteiger partial charge in [0.15, 0.2) is 0 Å². The highest BCUT2D eigenvalue weighted by molar-refractivity contribution is 7.10. The van der Waals surface area contributed by atoms with Gasteiger partial charge in [0, 0.05) is 4.88 Å². The molecule has 0 fully saturated rings. The lowest BCUT2D eigenvalue weighted by Gasteiger charge is -2.15. The molecule has 2 atom stereocenters. The van der Waals surface area contributed by atoms with Gasteiger partial charge in [0.1, 0.15) is 6.17 Å². The zero-order valence-electron chi connectivity index (χ0n) is 12.0. The topological polar surface area (TPSA) is 24.4 Å². The molecule has 0 saturated carbocycles. The van der Waals surface area contributed by atoms with E-state index in [0.717, 1.165) is 5.71 Å². The van der Waals surface area contributed by atoms with Crippen LogP contribution in [0, 0.1) is 0 Å². The second-order valence-corrected chi connectivity index (χ2v) is 6.29. The van der Waals surface area contributed by atoms with Crippen molar-refractivity contribution in [3.8, 4) is 0 Å². The van der Waals surface area contributed by atoms with Gasteiger partial charge in [-0.2, -0.15) is 0 Å². The monoisotopic (exact) mass is 304 g/mol. The second-order valence-electron chi connectivity index (χ2n) is 5.31. The highest BCUT2D eigenvalue weighted by Crippen LogP contribution is 2.33. The van der Waals surface area contributed by atoms with Crippen LogP contribution < -0.4 is 5.32 Å². The molecule has 0 amide bonds. The summed E-state index contributed by atoms with van der Waals surface area (Å²) in [7, 11) is 0. The number of aliphatic imine (C=N–C) groups is 1. The molecule has 22 heavy (non-hydrogen) atoms. The van der Waals surface area contributed by atoms with Crippen LogP contribution in [-0.2, 0) is 0 Å². The molecule has 0 unspecified atom stereocenters. The summed E-state index contributed by atoms with van der Waals surface area (Å²) in [5.41, 5.74) is 3.55. The highest BCUT2D eigenvalue weighted by Gasteiger charge is 2.30. The molecule has 2 aromatic carbocycles. The standard InChI is InChI=1S/C19H16N2S/c1-3-8-14(9-4-1)17-18(15-10-5-2-6-11-15)21-19(20-17)16-12-7-13-22-16/h1-13,17,19-20H/t17-,19-/m0/s1. The van der Waals surface area contributed by atoms with Crippen molar-refractivity contribution in [2.24, 2.45) is 4.99 Å². The molecule has 108 valence electrons. The van der Waals surface area contributed by atoms with Gasteiger partial charge in [-0.25, -0.2) is 0 Å². The molecule has 1 aliphatic heterocycles. The van der Waals surface area contributed by atoms with Gasteiger partial charge in [-0.1, -0.05) is 66.7 Å². The summed E-state index contributed by atoms with van der Waals surface area (Å²) in [6, 6.07) is 25.3. The summed E-state index contributed by atoms with van der Waals surface area (Å²) >= 11 is 1.75. The van der Waals surface area contributed by atoms with E-state index in [1.54, 1.807) is 11.3 Å². The van der Waals surface area contributed by atoms with Crippen molar-refractivity contribution in [2.45, 2.75) is 12.2 Å². The van der Waals surface area contributed by atoms with Crippen molar-refractivity contribution in [3.63, 3.8) is 0 Å². The van der Waals surface area contributed by atoms with Crippen molar-refractivity contribution in [2.75, 3.05) is 0 Å². The summed E-state index contributed by atoms with van der Waals surface area (Å²) in [5, 5.41) is 5.77. The lowest BCUT2D eigenvalue weighted by atomic mass is 9.97. The minimum Gasteiger partial charge on any atom is -0.279 e. The first-order chi connectivity index (χ1) is 10.9. The van der Waals surface area contributed by atoms with Crippen molar-refractivity contribution in [1.82, 2.24) is 5.32 Å². The number of hydrogen-bond acceptors (Lipinski definition) is 3. The number of thiophene rings is 1. The summed E-state index contributed by atoms with van der Waals surface area (Å²) in [6.45, 7) is 0. The van der Waals surface area contributed by atoms with Crippen LogP contribution in [0.2, 0.25) is 0 Å². The molecule has 0 aliphatic carbocycles. The Labute approximate surface area is 134 Å². The highest BCUT2D eigenvalue weighted by atomic mass is 32.1. The molecule has 3 heteroatoms. The normalized spacial score (nSPS) is 20.8. The average molecular weight is 304 g/mol. The van der Waals surface area contributed by atoms with E-state index >= 15 is 0 Å². The molecule has 4 rings (SSSR count). The third kappa shape index (κ3) is 2.49. The van der Waals surface area contributed by atoms with Gasteiger partial charge in [0.05, 0.1) is 11.8 Å². The van der Waals surface area contributed by atoms with E-state index in [1.165, 1.54) is 16.0 Å². The van der Waals surface area contributed by atoms with E-state index in [9.17, 15) is 0 Å². The van der Waals surface area contributed by atoms with Crippen molar-refractivity contribution in [3.05, 3.63) is 94.2 Å². The van der Waals surface area contributed by atoms with Gasteiger partial charge in [-0.15, -0.1) is 11.3 Å². The van der Waals surface area contributed by atoms with Crippen LogP contribution in [-0.4, -0.2) is 5.71 Å². The Bertz CT molecular complexity index is 764. The number of hydrogen-bond donors (Lipinski definition) is 1. The lowest BCUT2D eigenvalue weighted by Crippen LogP contribution is -2.23. The zero-order chi connectivity index (χ0) is 14.8. The molecule has 1 N–H and O–H groups in total. The fourth-order valence-electron chi connectivity index (χ4n) is 2.83. The van der Waals surface area contributed by atoms with Crippen LogP contribution in [0.15, 0.2) is 83.2 Å². The Kier molecular flexibility index (Phi) is 3.59. The van der Waals surface area contributed by atoms with Crippen LogP contribution in [0.4, 0.5) is 0 Å². The molecule has 1 aromatic heterocycles. The Balaban J connectivity index is 1.76. The molecule has 0 spiro atoms. The first kappa shape index (κ1) is 13.4. The van der Waals surface area contributed by atoms with Crippen molar-refractivity contribution >= 4 is 17.0 Å². The Hall–Kier alpha value is -2.23. The predicted molar refractivity (Wildman–Crippen MR) is 92.4 cm³/mol. The quantitative estimate of drug-likeness (QED) is 0.752. The van der Waals surface area contributed by atoms with Crippen LogP contribution in [0.5, 0.6) is 0 Å². The average Bonchev–Trinajstić information content (AvgIpc) is 3.26. The molecular formula is C19H16N2S. The summed E-state index contributed by atoms with van der Waals surface area (Å²) in [4.78, 5) is 6.23. The summed E-state index contributed by atoms with van der Waals surface area (Å²) < 4.78 is 0. The van der Waals surface area contributed by atoms with Crippen LogP contribution in [0.1, 0.15) is 28.2 Å². The molecule has 2 heterocycles. The molecular weight excluding hydrogens is 288 g/mol. The van der Waals surface area contributed by atoms with Gasteiger partial charge in [-0.05, 0) is 22.6 Å². The van der Waals surface area contributed by atoms with Crippen molar-refractivity contribution < 1.29 is 0 Å². The van der Waals surface area contributed by atoms with Gasteiger partial charge in [0.2, 0.25) is 0 Å². The van der Waals surface area contributed by atoms with E-state index in [4.69, 9.17) is 4.99 Å². The first-order valence-electron chi connectivity index (χ1n) is 7.39. The van der Waals surface area contributed by atoms with Gasteiger partial charge >= 0.3 is 0 Å². The first-order valence-corrected chi connectivity index (χ1v) is 8.27. The maximum atomic E-state index is 4.97. The largest absolute Gasteiger partial charge is 0.279 e. The van der Waals surface area contributed by atoms with E-state index in [-0.39, 0.29) is 12.2 Å².